The number of hydrogen-bond acceptors (Lipinski definition) is 5. The fraction of sp³-hybridized carbons (Fsp3) is 0.130. The van der Waals surface area contributed by atoms with Crippen molar-refractivity contribution in [3.8, 4) is 5.82 Å². The van der Waals surface area contributed by atoms with E-state index in [0.29, 0.717) is 23.7 Å². The Morgan fingerprint density at radius 3 is 2.58 bits per heavy atom. The molecular weight excluding hydrogens is 412 g/mol. The number of amides is 1. The van der Waals surface area contributed by atoms with Gasteiger partial charge in [0.25, 0.3) is 0 Å². The summed E-state index contributed by atoms with van der Waals surface area (Å²) in [5, 5.41) is 6.84. The first-order valence-electron chi connectivity index (χ1n) is 9.80. The van der Waals surface area contributed by atoms with Crippen LogP contribution >= 0.6 is 11.6 Å². The number of aromatic nitrogens is 4. The molecule has 156 valence electrons. The molecule has 0 atom stereocenters. The van der Waals surface area contributed by atoms with Crippen molar-refractivity contribution < 1.29 is 4.79 Å². The van der Waals surface area contributed by atoms with Gasteiger partial charge in [-0.3, -0.25) is 9.36 Å². The zero-order chi connectivity index (χ0) is 21.6. The molecule has 0 aliphatic carbocycles. The fourth-order valence-corrected chi connectivity index (χ4v) is 3.34. The van der Waals surface area contributed by atoms with Gasteiger partial charge in [-0.05, 0) is 55.3 Å². The van der Waals surface area contributed by atoms with Crippen molar-refractivity contribution in [2.45, 2.75) is 19.8 Å². The molecule has 2 aromatic carbocycles. The maximum atomic E-state index is 12.2. The summed E-state index contributed by atoms with van der Waals surface area (Å²) >= 11 is 5.99. The lowest BCUT2D eigenvalue weighted by atomic mass is 10.1. The third-order valence-corrected chi connectivity index (χ3v) is 4.93. The number of carbonyl (C=O) groups excluding carboxylic acids is 1. The van der Waals surface area contributed by atoms with Crippen molar-refractivity contribution in [1.29, 1.82) is 0 Å². The van der Waals surface area contributed by atoms with E-state index in [4.69, 9.17) is 11.6 Å². The van der Waals surface area contributed by atoms with Gasteiger partial charge >= 0.3 is 0 Å². The van der Waals surface area contributed by atoms with Crippen LogP contribution in [0.5, 0.6) is 0 Å². The maximum absolute atomic E-state index is 12.2. The molecule has 4 rings (SSSR count). The largest absolute Gasteiger partial charge is 0.340 e. The van der Waals surface area contributed by atoms with Gasteiger partial charge in [-0.1, -0.05) is 23.7 Å². The zero-order valence-electron chi connectivity index (χ0n) is 16.9. The smallest absolute Gasteiger partial charge is 0.224 e. The van der Waals surface area contributed by atoms with Crippen LogP contribution < -0.4 is 10.6 Å². The van der Waals surface area contributed by atoms with Gasteiger partial charge < -0.3 is 10.6 Å². The van der Waals surface area contributed by atoms with Crippen LogP contribution in [0.2, 0.25) is 5.02 Å². The highest BCUT2D eigenvalue weighted by atomic mass is 35.5. The number of halogens is 1. The van der Waals surface area contributed by atoms with Crippen molar-refractivity contribution >= 4 is 34.7 Å². The number of hydrogen-bond donors (Lipinski definition) is 2. The molecular formula is C23H21ClN6O. The van der Waals surface area contributed by atoms with Crippen molar-refractivity contribution in [1.82, 2.24) is 19.5 Å². The highest BCUT2D eigenvalue weighted by molar-refractivity contribution is 6.30. The standard InChI is InChI=1S/C23H21ClN6O/c1-16-25-11-12-30(16)22-14-21(26-15-27-22)28-19-6-8-20(9-7-19)29-23(31)10-5-17-3-2-4-18(24)13-17/h2-4,6-9,11-15H,5,10H2,1H3,(H,29,31)(H,26,27,28). The molecule has 1 amide bonds. The lowest BCUT2D eigenvalue weighted by Gasteiger charge is -2.10. The third-order valence-electron chi connectivity index (χ3n) is 4.70. The Morgan fingerprint density at radius 2 is 1.84 bits per heavy atom. The molecule has 0 spiro atoms. The number of rotatable bonds is 7. The van der Waals surface area contributed by atoms with E-state index in [1.807, 2.05) is 72.3 Å². The Kier molecular flexibility index (Phi) is 6.24. The molecule has 2 aromatic heterocycles. The zero-order valence-corrected chi connectivity index (χ0v) is 17.7. The van der Waals surface area contributed by atoms with E-state index in [0.717, 1.165) is 28.6 Å². The molecule has 31 heavy (non-hydrogen) atoms. The SMILES string of the molecule is Cc1nccn1-c1cc(Nc2ccc(NC(=O)CCc3cccc(Cl)c3)cc2)ncn1. The van der Waals surface area contributed by atoms with E-state index in [-0.39, 0.29) is 5.91 Å². The quantitative estimate of drug-likeness (QED) is 0.432. The van der Waals surface area contributed by atoms with E-state index >= 15 is 0 Å². The molecule has 0 fully saturated rings. The number of benzene rings is 2. The summed E-state index contributed by atoms with van der Waals surface area (Å²) in [7, 11) is 0. The van der Waals surface area contributed by atoms with E-state index in [2.05, 4.69) is 25.6 Å². The number of aryl methyl sites for hydroxylation is 2. The molecule has 0 bridgehead atoms. The minimum atomic E-state index is -0.0446. The summed E-state index contributed by atoms with van der Waals surface area (Å²) in [6.45, 7) is 1.91. The van der Waals surface area contributed by atoms with Crippen molar-refractivity contribution in [2.24, 2.45) is 0 Å². The van der Waals surface area contributed by atoms with Gasteiger partial charge in [0, 0.05) is 41.3 Å². The lowest BCUT2D eigenvalue weighted by molar-refractivity contribution is -0.116. The second-order valence-electron chi connectivity index (χ2n) is 6.99. The van der Waals surface area contributed by atoms with E-state index < -0.39 is 0 Å². The number of carbonyl (C=O) groups is 1. The van der Waals surface area contributed by atoms with Gasteiger partial charge in [0.15, 0.2) is 0 Å². The Morgan fingerprint density at radius 1 is 1.03 bits per heavy atom. The van der Waals surface area contributed by atoms with Gasteiger partial charge in [0.2, 0.25) is 5.91 Å². The van der Waals surface area contributed by atoms with Crippen LogP contribution in [0.1, 0.15) is 17.8 Å². The summed E-state index contributed by atoms with van der Waals surface area (Å²) in [5.74, 6) is 2.20. The predicted octanol–water partition coefficient (Wildman–Crippen LogP) is 4.94. The van der Waals surface area contributed by atoms with E-state index in [1.54, 1.807) is 6.20 Å². The number of nitrogens with one attached hydrogen (secondary N) is 2. The first-order chi connectivity index (χ1) is 15.1. The maximum Gasteiger partial charge on any atom is 0.224 e. The number of nitrogens with zero attached hydrogens (tertiary/aromatic N) is 4. The van der Waals surface area contributed by atoms with Crippen LogP contribution in [0.25, 0.3) is 5.82 Å². The van der Waals surface area contributed by atoms with Gasteiger partial charge in [-0.25, -0.2) is 15.0 Å². The van der Waals surface area contributed by atoms with Crippen LogP contribution in [0.15, 0.2) is 73.3 Å². The number of anilines is 3. The highest BCUT2D eigenvalue weighted by Gasteiger charge is 2.06. The van der Waals surface area contributed by atoms with Crippen LogP contribution in [0, 0.1) is 6.92 Å². The average molecular weight is 433 g/mol. The lowest BCUT2D eigenvalue weighted by Crippen LogP contribution is -2.12. The monoisotopic (exact) mass is 432 g/mol. The normalized spacial score (nSPS) is 10.6. The van der Waals surface area contributed by atoms with Crippen LogP contribution in [-0.4, -0.2) is 25.4 Å². The summed E-state index contributed by atoms with van der Waals surface area (Å²) in [5.41, 5.74) is 2.63. The molecule has 0 unspecified atom stereocenters. The molecule has 4 aromatic rings. The first-order valence-corrected chi connectivity index (χ1v) is 10.2. The molecule has 0 saturated heterocycles. The fourth-order valence-electron chi connectivity index (χ4n) is 3.13. The average Bonchev–Trinajstić information content (AvgIpc) is 3.20. The molecule has 2 heterocycles. The Labute approximate surface area is 185 Å². The van der Waals surface area contributed by atoms with E-state index in [9.17, 15) is 4.79 Å². The van der Waals surface area contributed by atoms with Crippen LogP contribution in [0.3, 0.4) is 0 Å². The second-order valence-corrected chi connectivity index (χ2v) is 7.42. The van der Waals surface area contributed by atoms with Gasteiger partial charge in [-0.15, -0.1) is 0 Å². The van der Waals surface area contributed by atoms with Gasteiger partial charge in [0.05, 0.1) is 0 Å². The Balaban J connectivity index is 1.34. The molecule has 0 radical (unpaired) electrons. The van der Waals surface area contributed by atoms with Crippen molar-refractivity contribution in [3.05, 3.63) is 89.7 Å². The molecule has 0 aliphatic rings. The molecule has 0 aliphatic heterocycles. The summed E-state index contributed by atoms with van der Waals surface area (Å²) in [6.07, 6.45) is 6.11. The number of imidazole rings is 1. The minimum absolute atomic E-state index is 0.0446. The highest BCUT2D eigenvalue weighted by Crippen LogP contribution is 2.19. The van der Waals surface area contributed by atoms with Crippen LogP contribution in [0.4, 0.5) is 17.2 Å². The minimum Gasteiger partial charge on any atom is -0.340 e. The first kappa shape index (κ1) is 20.6. The van der Waals surface area contributed by atoms with Crippen molar-refractivity contribution in [2.75, 3.05) is 10.6 Å². The van der Waals surface area contributed by atoms with Gasteiger partial charge in [-0.2, -0.15) is 0 Å². The summed E-state index contributed by atoms with van der Waals surface area (Å²) < 4.78 is 1.88. The molecule has 2 N–H and O–H groups in total. The second kappa shape index (κ2) is 9.40. The predicted molar refractivity (Wildman–Crippen MR) is 122 cm³/mol. The molecule has 0 saturated carbocycles. The van der Waals surface area contributed by atoms with Crippen molar-refractivity contribution in [3.63, 3.8) is 0 Å². The molecule has 8 heteroatoms. The van der Waals surface area contributed by atoms with Crippen LogP contribution in [-0.2, 0) is 11.2 Å². The third kappa shape index (κ3) is 5.46. The Hall–Kier alpha value is -3.71. The van der Waals surface area contributed by atoms with E-state index in [1.165, 1.54) is 6.33 Å². The van der Waals surface area contributed by atoms with Gasteiger partial charge in [0.1, 0.15) is 23.8 Å². The summed E-state index contributed by atoms with van der Waals surface area (Å²) in [4.78, 5) is 25.0. The summed E-state index contributed by atoms with van der Waals surface area (Å²) in [6, 6.07) is 16.9. The topological polar surface area (TPSA) is 84.7 Å². The Bertz CT molecular complexity index is 1190. The molecule has 7 nitrogen and oxygen atoms in total.